The fourth-order valence-corrected chi connectivity index (χ4v) is 1.44. The van der Waals surface area contributed by atoms with Crippen LogP contribution >= 0.6 is 0 Å². The molecule has 1 aromatic rings. The van der Waals surface area contributed by atoms with E-state index < -0.39 is 5.97 Å². The third kappa shape index (κ3) is 4.06. The van der Waals surface area contributed by atoms with E-state index >= 15 is 0 Å². The van der Waals surface area contributed by atoms with Crippen LogP contribution in [0.4, 0.5) is 0 Å². The summed E-state index contributed by atoms with van der Waals surface area (Å²) < 4.78 is 10.4. The van der Waals surface area contributed by atoms with E-state index in [0.29, 0.717) is 12.4 Å². The van der Waals surface area contributed by atoms with Crippen LogP contribution in [0.25, 0.3) is 0 Å². The van der Waals surface area contributed by atoms with Crippen molar-refractivity contribution >= 4 is 5.97 Å². The molecule has 0 radical (unpaired) electrons. The van der Waals surface area contributed by atoms with Gasteiger partial charge in [0.15, 0.2) is 0 Å². The summed E-state index contributed by atoms with van der Waals surface area (Å²) in [7, 11) is 0. The van der Waals surface area contributed by atoms with Crippen molar-refractivity contribution in [2.45, 2.75) is 39.2 Å². The maximum Gasteiger partial charge on any atom is 0.339 e. The highest BCUT2D eigenvalue weighted by Gasteiger charge is 2.12. The molecule has 1 aromatic heterocycles. The molecule has 0 saturated carbocycles. The van der Waals surface area contributed by atoms with Gasteiger partial charge in [0.05, 0.1) is 6.26 Å². The Labute approximate surface area is 95.2 Å². The normalized spacial score (nSPS) is 10.6. The molecule has 0 unspecified atom stereocenters. The summed E-state index contributed by atoms with van der Waals surface area (Å²) in [5, 5.41) is 8.81. The molecule has 4 heteroatoms. The molecule has 0 fully saturated rings. The second-order valence-corrected chi connectivity index (χ2v) is 3.68. The van der Waals surface area contributed by atoms with Crippen LogP contribution in [0, 0.1) is 0 Å². The van der Waals surface area contributed by atoms with Crippen molar-refractivity contribution in [2.24, 2.45) is 0 Å². The topological polar surface area (TPSA) is 59.7 Å². The summed E-state index contributed by atoms with van der Waals surface area (Å²) in [5.41, 5.74) is 0.188. The van der Waals surface area contributed by atoms with Crippen molar-refractivity contribution in [2.75, 3.05) is 6.61 Å². The lowest BCUT2D eigenvalue weighted by Crippen LogP contribution is -2.01. The van der Waals surface area contributed by atoms with Crippen LogP contribution in [0.5, 0.6) is 0 Å². The third-order valence-corrected chi connectivity index (χ3v) is 2.35. The molecule has 0 saturated heterocycles. The van der Waals surface area contributed by atoms with Gasteiger partial charge in [-0.1, -0.05) is 26.2 Å². The highest BCUT2D eigenvalue weighted by Crippen LogP contribution is 2.12. The first-order chi connectivity index (χ1) is 7.75. The van der Waals surface area contributed by atoms with E-state index in [1.165, 1.54) is 25.2 Å². The second-order valence-electron chi connectivity index (χ2n) is 3.68. The number of hydrogen-bond acceptors (Lipinski definition) is 3. The molecular formula is C12H18O4. The van der Waals surface area contributed by atoms with E-state index in [2.05, 4.69) is 6.92 Å². The Morgan fingerprint density at radius 3 is 2.94 bits per heavy atom. The summed E-state index contributed by atoms with van der Waals surface area (Å²) in [6.07, 6.45) is 5.95. The lowest BCUT2D eigenvalue weighted by molar-refractivity contribution is 0.0677. The largest absolute Gasteiger partial charge is 0.478 e. The van der Waals surface area contributed by atoms with Gasteiger partial charge in [0, 0.05) is 6.61 Å². The van der Waals surface area contributed by atoms with Crippen molar-refractivity contribution in [3.8, 4) is 0 Å². The zero-order chi connectivity index (χ0) is 11.8. The summed E-state index contributed by atoms with van der Waals surface area (Å²) >= 11 is 0. The summed E-state index contributed by atoms with van der Waals surface area (Å²) in [6, 6.07) is 1.44. The highest BCUT2D eigenvalue weighted by molar-refractivity contribution is 5.88. The number of carboxylic acid groups (broad SMARTS) is 1. The van der Waals surface area contributed by atoms with Gasteiger partial charge in [0.1, 0.15) is 17.9 Å². The zero-order valence-electron chi connectivity index (χ0n) is 9.57. The monoisotopic (exact) mass is 226 g/mol. The average molecular weight is 226 g/mol. The van der Waals surface area contributed by atoms with E-state index in [1.54, 1.807) is 0 Å². The van der Waals surface area contributed by atoms with E-state index in [1.807, 2.05) is 0 Å². The Bertz CT molecular complexity index is 317. The third-order valence-electron chi connectivity index (χ3n) is 2.35. The van der Waals surface area contributed by atoms with Crippen LogP contribution in [-0.2, 0) is 11.3 Å². The fourth-order valence-electron chi connectivity index (χ4n) is 1.44. The smallest absolute Gasteiger partial charge is 0.339 e. The number of unbranched alkanes of at least 4 members (excludes halogenated alkanes) is 3. The van der Waals surface area contributed by atoms with Crippen LogP contribution < -0.4 is 0 Å². The molecule has 1 heterocycles. The Balaban J connectivity index is 2.21. The fraction of sp³-hybridized carbons (Fsp3) is 0.583. The maximum absolute atomic E-state index is 10.7. The van der Waals surface area contributed by atoms with Gasteiger partial charge in [-0.15, -0.1) is 0 Å². The van der Waals surface area contributed by atoms with Crippen LogP contribution in [0.1, 0.15) is 48.7 Å². The first-order valence-corrected chi connectivity index (χ1v) is 5.63. The van der Waals surface area contributed by atoms with Gasteiger partial charge in [-0.2, -0.15) is 0 Å². The second kappa shape index (κ2) is 7.06. The molecule has 0 aliphatic carbocycles. The highest BCUT2D eigenvalue weighted by atomic mass is 16.5. The number of ether oxygens (including phenoxy) is 1. The quantitative estimate of drug-likeness (QED) is 0.692. The number of hydrogen-bond donors (Lipinski definition) is 1. The molecule has 0 atom stereocenters. The molecule has 1 N–H and O–H groups in total. The van der Waals surface area contributed by atoms with Crippen molar-refractivity contribution in [1.29, 1.82) is 0 Å². The van der Waals surface area contributed by atoms with E-state index in [0.717, 1.165) is 12.8 Å². The predicted octanol–water partition coefficient (Wildman–Crippen LogP) is 3.07. The van der Waals surface area contributed by atoms with E-state index in [4.69, 9.17) is 14.3 Å². The lowest BCUT2D eigenvalue weighted by Gasteiger charge is -2.02. The van der Waals surface area contributed by atoms with Gasteiger partial charge < -0.3 is 14.3 Å². The van der Waals surface area contributed by atoms with Crippen LogP contribution in [0.15, 0.2) is 16.7 Å². The maximum atomic E-state index is 10.7. The molecule has 1 rings (SSSR count). The number of carbonyl (C=O) groups is 1. The van der Waals surface area contributed by atoms with Crippen molar-refractivity contribution in [3.05, 3.63) is 23.7 Å². The molecule has 0 aromatic carbocycles. The van der Waals surface area contributed by atoms with E-state index in [-0.39, 0.29) is 12.2 Å². The van der Waals surface area contributed by atoms with Gasteiger partial charge in [-0.25, -0.2) is 4.79 Å². The van der Waals surface area contributed by atoms with Gasteiger partial charge in [0.25, 0.3) is 0 Å². The van der Waals surface area contributed by atoms with Crippen LogP contribution in [-0.4, -0.2) is 17.7 Å². The number of aromatic carboxylic acids is 1. The van der Waals surface area contributed by atoms with Crippen molar-refractivity contribution < 1.29 is 19.1 Å². The van der Waals surface area contributed by atoms with Crippen molar-refractivity contribution in [1.82, 2.24) is 0 Å². The minimum atomic E-state index is -0.974. The SMILES string of the molecule is CCCCCCOCc1occc1C(=O)O. The molecule has 90 valence electrons. The number of furan rings is 1. The van der Waals surface area contributed by atoms with Crippen LogP contribution in [0.3, 0.4) is 0 Å². The van der Waals surface area contributed by atoms with Gasteiger partial charge >= 0.3 is 5.97 Å². The Morgan fingerprint density at radius 2 is 2.25 bits per heavy atom. The number of rotatable bonds is 8. The molecule has 0 aliphatic heterocycles. The first kappa shape index (κ1) is 12.8. The first-order valence-electron chi connectivity index (χ1n) is 5.63. The lowest BCUT2D eigenvalue weighted by atomic mass is 10.2. The summed E-state index contributed by atoms with van der Waals surface area (Å²) in [6.45, 7) is 3.05. The Morgan fingerprint density at radius 1 is 1.44 bits per heavy atom. The standard InChI is InChI=1S/C12H18O4/c1-2-3-4-5-7-15-9-11-10(12(13)14)6-8-16-11/h6,8H,2-5,7,9H2,1H3,(H,13,14). The predicted molar refractivity (Wildman–Crippen MR) is 59.5 cm³/mol. The average Bonchev–Trinajstić information content (AvgIpc) is 2.71. The van der Waals surface area contributed by atoms with Crippen molar-refractivity contribution in [3.63, 3.8) is 0 Å². The van der Waals surface area contributed by atoms with Gasteiger partial charge in [-0.05, 0) is 12.5 Å². The number of carboxylic acids is 1. The molecule has 0 amide bonds. The summed E-state index contributed by atoms with van der Waals surface area (Å²) in [5.74, 6) is -0.582. The Kier molecular flexibility index (Phi) is 5.64. The molecule has 4 nitrogen and oxygen atoms in total. The molecule has 0 bridgehead atoms. The van der Waals surface area contributed by atoms with E-state index in [9.17, 15) is 4.79 Å². The zero-order valence-corrected chi connectivity index (χ0v) is 9.57. The molecule has 0 aliphatic rings. The van der Waals surface area contributed by atoms with Crippen LogP contribution in [0.2, 0.25) is 0 Å². The molecule has 0 spiro atoms. The minimum absolute atomic E-state index is 0.188. The molecular weight excluding hydrogens is 208 g/mol. The Hall–Kier alpha value is -1.29. The minimum Gasteiger partial charge on any atom is -0.478 e. The van der Waals surface area contributed by atoms with Gasteiger partial charge in [0.2, 0.25) is 0 Å². The molecule has 16 heavy (non-hydrogen) atoms. The van der Waals surface area contributed by atoms with Gasteiger partial charge in [-0.3, -0.25) is 0 Å². The summed E-state index contributed by atoms with van der Waals surface area (Å²) in [4.78, 5) is 10.7.